The molecule has 0 bridgehead atoms. The van der Waals surface area contributed by atoms with E-state index in [0.29, 0.717) is 18.5 Å². The van der Waals surface area contributed by atoms with Gasteiger partial charge >= 0.3 is 5.97 Å². The Morgan fingerprint density at radius 3 is 2.12 bits per heavy atom. The van der Waals surface area contributed by atoms with Crippen LogP contribution in [0.4, 0.5) is 0 Å². The molecule has 0 radical (unpaired) electrons. The van der Waals surface area contributed by atoms with Crippen molar-refractivity contribution < 1.29 is 15.0 Å². The van der Waals surface area contributed by atoms with Gasteiger partial charge in [0.25, 0.3) is 0 Å². The second-order valence-electron chi connectivity index (χ2n) is 4.95. The quantitative estimate of drug-likeness (QED) is 0.604. The SMILES string of the molecule is CCC(=CCNC(C)(C)C(C)(C)O)C(=O)O. The third-order valence-electron chi connectivity index (χ3n) is 3.08. The second kappa shape index (κ2) is 5.46. The largest absolute Gasteiger partial charge is 0.478 e. The first-order valence-electron chi connectivity index (χ1n) is 5.51. The predicted molar refractivity (Wildman–Crippen MR) is 64.4 cm³/mol. The molecule has 0 aliphatic carbocycles. The molecular formula is C12H23NO3. The molecule has 0 aliphatic heterocycles. The first-order valence-corrected chi connectivity index (χ1v) is 5.51. The molecule has 0 aromatic carbocycles. The summed E-state index contributed by atoms with van der Waals surface area (Å²) < 4.78 is 0. The van der Waals surface area contributed by atoms with E-state index in [0.717, 1.165) is 0 Å². The maximum absolute atomic E-state index is 10.7. The van der Waals surface area contributed by atoms with Crippen LogP contribution >= 0.6 is 0 Å². The van der Waals surface area contributed by atoms with Gasteiger partial charge in [-0.25, -0.2) is 4.79 Å². The summed E-state index contributed by atoms with van der Waals surface area (Å²) >= 11 is 0. The van der Waals surface area contributed by atoms with Crippen molar-refractivity contribution in [2.45, 2.75) is 52.2 Å². The minimum absolute atomic E-state index is 0.388. The van der Waals surface area contributed by atoms with Gasteiger partial charge < -0.3 is 15.5 Å². The average Bonchev–Trinajstić information content (AvgIpc) is 2.09. The Labute approximate surface area is 97.4 Å². The highest BCUT2D eigenvalue weighted by molar-refractivity contribution is 5.86. The maximum Gasteiger partial charge on any atom is 0.331 e. The van der Waals surface area contributed by atoms with Gasteiger partial charge in [0.15, 0.2) is 0 Å². The van der Waals surface area contributed by atoms with Gasteiger partial charge in [-0.15, -0.1) is 0 Å². The topological polar surface area (TPSA) is 69.6 Å². The summed E-state index contributed by atoms with van der Waals surface area (Å²) in [5.41, 5.74) is -0.948. The third-order valence-corrected chi connectivity index (χ3v) is 3.08. The van der Waals surface area contributed by atoms with Crippen LogP contribution in [0.2, 0.25) is 0 Å². The molecule has 94 valence electrons. The van der Waals surface area contributed by atoms with Gasteiger partial charge in [-0.3, -0.25) is 0 Å². The van der Waals surface area contributed by atoms with Crippen LogP contribution < -0.4 is 5.32 Å². The molecule has 16 heavy (non-hydrogen) atoms. The molecule has 3 N–H and O–H groups in total. The van der Waals surface area contributed by atoms with Gasteiger partial charge in [0, 0.05) is 17.7 Å². The fraction of sp³-hybridized carbons (Fsp3) is 0.750. The van der Waals surface area contributed by atoms with E-state index in [1.807, 2.05) is 13.8 Å². The lowest BCUT2D eigenvalue weighted by molar-refractivity contribution is -0.132. The number of aliphatic carboxylic acids is 1. The Morgan fingerprint density at radius 1 is 1.31 bits per heavy atom. The lowest BCUT2D eigenvalue weighted by Gasteiger charge is -2.38. The number of nitrogens with one attached hydrogen (secondary N) is 1. The molecule has 0 saturated carbocycles. The summed E-state index contributed by atoms with van der Waals surface area (Å²) in [6.45, 7) is 9.46. The van der Waals surface area contributed by atoms with Gasteiger partial charge in [0.1, 0.15) is 0 Å². The summed E-state index contributed by atoms with van der Waals surface area (Å²) in [5, 5.41) is 21.8. The zero-order valence-corrected chi connectivity index (χ0v) is 10.8. The zero-order chi connectivity index (χ0) is 13.0. The monoisotopic (exact) mass is 229 g/mol. The molecule has 0 atom stereocenters. The molecule has 0 unspecified atom stereocenters. The standard InChI is InChI=1S/C12H23NO3/c1-6-9(10(14)15)7-8-13-11(2,3)12(4,5)16/h7,13,16H,6,8H2,1-5H3,(H,14,15). The molecule has 0 heterocycles. The van der Waals surface area contributed by atoms with Crippen molar-refractivity contribution in [3.05, 3.63) is 11.6 Å². The predicted octanol–water partition coefficient (Wildman–Crippen LogP) is 1.55. The zero-order valence-electron chi connectivity index (χ0n) is 10.8. The summed E-state index contributed by atoms with van der Waals surface area (Å²) in [6.07, 6.45) is 2.15. The van der Waals surface area contributed by atoms with Crippen LogP contribution in [-0.4, -0.2) is 33.9 Å². The molecule has 0 spiro atoms. The molecule has 0 saturated heterocycles. The summed E-state index contributed by atoms with van der Waals surface area (Å²) in [7, 11) is 0. The molecule has 0 rings (SSSR count). The Morgan fingerprint density at radius 2 is 1.81 bits per heavy atom. The van der Waals surface area contributed by atoms with Crippen LogP contribution in [0.15, 0.2) is 11.6 Å². The van der Waals surface area contributed by atoms with Crippen molar-refractivity contribution >= 4 is 5.97 Å². The number of rotatable bonds is 6. The fourth-order valence-corrected chi connectivity index (χ4v) is 1.03. The van der Waals surface area contributed by atoms with E-state index in [1.165, 1.54) is 0 Å². The van der Waals surface area contributed by atoms with Crippen molar-refractivity contribution in [2.24, 2.45) is 0 Å². The van der Waals surface area contributed by atoms with Crippen LogP contribution in [0.3, 0.4) is 0 Å². The summed E-state index contributed by atoms with van der Waals surface area (Å²) in [4.78, 5) is 10.7. The van der Waals surface area contributed by atoms with Crippen molar-refractivity contribution in [3.63, 3.8) is 0 Å². The van der Waals surface area contributed by atoms with Crippen LogP contribution in [0.5, 0.6) is 0 Å². The van der Waals surface area contributed by atoms with Crippen LogP contribution in [0.1, 0.15) is 41.0 Å². The number of carboxylic acids is 1. The van der Waals surface area contributed by atoms with E-state index in [4.69, 9.17) is 5.11 Å². The number of carboxylic acid groups (broad SMARTS) is 1. The summed E-state index contributed by atoms with van der Waals surface area (Å²) in [5.74, 6) is -0.884. The minimum Gasteiger partial charge on any atom is -0.478 e. The third kappa shape index (κ3) is 4.33. The molecular weight excluding hydrogens is 206 g/mol. The average molecular weight is 229 g/mol. The number of hydrogen-bond acceptors (Lipinski definition) is 3. The Balaban J connectivity index is 4.42. The minimum atomic E-state index is -0.884. The number of carbonyl (C=O) groups is 1. The van der Waals surface area contributed by atoms with E-state index in [-0.39, 0.29) is 0 Å². The maximum atomic E-state index is 10.7. The Hall–Kier alpha value is -0.870. The van der Waals surface area contributed by atoms with E-state index >= 15 is 0 Å². The smallest absolute Gasteiger partial charge is 0.331 e. The normalized spacial score (nSPS) is 14.0. The van der Waals surface area contributed by atoms with Gasteiger partial charge in [-0.2, -0.15) is 0 Å². The Kier molecular flexibility index (Phi) is 5.16. The van der Waals surface area contributed by atoms with Gasteiger partial charge in [0.2, 0.25) is 0 Å². The summed E-state index contributed by atoms with van der Waals surface area (Å²) in [6, 6.07) is 0. The van der Waals surface area contributed by atoms with Gasteiger partial charge in [-0.1, -0.05) is 13.0 Å². The van der Waals surface area contributed by atoms with Crippen LogP contribution in [0.25, 0.3) is 0 Å². The lowest BCUT2D eigenvalue weighted by Crippen LogP contribution is -2.55. The second-order valence-corrected chi connectivity index (χ2v) is 4.95. The van der Waals surface area contributed by atoms with Crippen molar-refractivity contribution in [2.75, 3.05) is 6.54 Å². The highest BCUT2D eigenvalue weighted by atomic mass is 16.4. The van der Waals surface area contributed by atoms with Crippen molar-refractivity contribution in [1.82, 2.24) is 5.32 Å². The molecule has 0 aromatic rings. The van der Waals surface area contributed by atoms with Crippen LogP contribution in [-0.2, 0) is 4.79 Å². The first-order chi connectivity index (χ1) is 7.12. The van der Waals surface area contributed by atoms with Crippen molar-refractivity contribution in [3.8, 4) is 0 Å². The lowest BCUT2D eigenvalue weighted by atomic mass is 9.86. The first kappa shape index (κ1) is 15.1. The van der Waals surface area contributed by atoms with Gasteiger partial charge in [0.05, 0.1) is 5.60 Å². The van der Waals surface area contributed by atoms with Gasteiger partial charge in [-0.05, 0) is 34.1 Å². The van der Waals surface area contributed by atoms with E-state index in [9.17, 15) is 9.90 Å². The highest BCUT2D eigenvalue weighted by Crippen LogP contribution is 2.20. The van der Waals surface area contributed by atoms with E-state index in [2.05, 4.69) is 5.32 Å². The van der Waals surface area contributed by atoms with E-state index in [1.54, 1.807) is 26.8 Å². The Bertz CT molecular complexity index is 274. The van der Waals surface area contributed by atoms with Crippen LogP contribution in [0, 0.1) is 0 Å². The fourth-order valence-electron chi connectivity index (χ4n) is 1.03. The highest BCUT2D eigenvalue weighted by Gasteiger charge is 2.33. The number of aliphatic hydroxyl groups is 1. The number of hydrogen-bond donors (Lipinski definition) is 3. The molecule has 4 nitrogen and oxygen atoms in total. The molecule has 0 fully saturated rings. The molecule has 4 heteroatoms. The molecule has 0 aliphatic rings. The molecule has 0 aromatic heterocycles. The molecule has 0 amide bonds. The van der Waals surface area contributed by atoms with E-state index < -0.39 is 17.1 Å². The van der Waals surface area contributed by atoms with Crippen molar-refractivity contribution in [1.29, 1.82) is 0 Å².